The molecule has 1 radical (unpaired) electrons. The van der Waals surface area contributed by atoms with Crippen LogP contribution in [0.2, 0.25) is 0 Å². The van der Waals surface area contributed by atoms with Gasteiger partial charge in [-0.1, -0.05) is 37.3 Å². The van der Waals surface area contributed by atoms with Gasteiger partial charge in [0, 0.05) is 12.2 Å². The van der Waals surface area contributed by atoms with Crippen molar-refractivity contribution < 1.29 is 0 Å². The van der Waals surface area contributed by atoms with Gasteiger partial charge in [-0.05, 0) is 17.5 Å². The molecule has 13 heavy (non-hydrogen) atoms. The molecule has 2 nitrogen and oxygen atoms in total. The number of para-hydroxylation sites is 1. The molecule has 0 atom stereocenters. The topological polar surface area (TPSA) is 38.0 Å². The highest BCUT2D eigenvalue weighted by Gasteiger charge is 2.03. The first-order chi connectivity index (χ1) is 6.33. The molecule has 0 fully saturated rings. The molecule has 1 aromatic carbocycles. The molecule has 0 spiro atoms. The fraction of sp³-hybridized carbons (Fsp3) is 0.300. The Kier molecular flexibility index (Phi) is 3.86. The Morgan fingerprint density at radius 1 is 1.46 bits per heavy atom. The molecule has 0 heterocycles. The van der Waals surface area contributed by atoms with Gasteiger partial charge in [0.1, 0.15) is 5.49 Å². The first-order valence-electron chi connectivity index (χ1n) is 4.27. The summed E-state index contributed by atoms with van der Waals surface area (Å²) in [5.74, 6) is 0. The lowest BCUT2D eigenvalue weighted by Gasteiger charge is -2.11. The second-order valence-electron chi connectivity index (χ2n) is 2.74. The summed E-state index contributed by atoms with van der Waals surface area (Å²) in [6.07, 6.45) is 0.965. The molecule has 0 saturated heterocycles. The Hall–Kier alpha value is -0.930. The molecule has 3 N–H and O–H groups in total. The van der Waals surface area contributed by atoms with Gasteiger partial charge >= 0.3 is 0 Å². The minimum Gasteiger partial charge on any atom is -0.344 e. The lowest BCUT2D eigenvalue weighted by atomic mass is 10.1. The fourth-order valence-corrected chi connectivity index (χ4v) is 1.43. The average molecular weight is 193 g/mol. The normalized spacial score (nSPS) is 9.69. The zero-order chi connectivity index (χ0) is 9.68. The minimum absolute atomic E-state index is 0.521. The summed E-state index contributed by atoms with van der Waals surface area (Å²) in [6.45, 7) is 2.62. The number of hydrogen-bond acceptors (Lipinski definition) is 2. The number of rotatable bonds is 4. The summed E-state index contributed by atoms with van der Waals surface area (Å²) < 4.78 is 0. The van der Waals surface area contributed by atoms with E-state index in [2.05, 4.69) is 36.0 Å². The predicted molar refractivity (Wildman–Crippen MR) is 59.9 cm³/mol. The van der Waals surface area contributed by atoms with Gasteiger partial charge in [-0.15, -0.1) is 0 Å². The Morgan fingerprint density at radius 2 is 2.15 bits per heavy atom. The van der Waals surface area contributed by atoms with Crippen molar-refractivity contribution in [3.63, 3.8) is 0 Å². The molecule has 0 bridgehead atoms. The molecule has 0 saturated carbocycles. The van der Waals surface area contributed by atoms with Crippen LogP contribution in [0.1, 0.15) is 18.1 Å². The van der Waals surface area contributed by atoms with Gasteiger partial charge in [0.25, 0.3) is 0 Å². The lowest BCUT2D eigenvalue weighted by molar-refractivity contribution is 1.05. The number of aryl methyl sites for hydroxylation is 1. The van der Waals surface area contributed by atoms with E-state index in [9.17, 15) is 0 Å². The Bertz CT molecular complexity index is 275. The third kappa shape index (κ3) is 2.26. The van der Waals surface area contributed by atoms with Crippen LogP contribution in [0, 0.1) is 0 Å². The lowest BCUT2D eigenvalue weighted by Crippen LogP contribution is -2.05. The standard InChI is InChI=1S/C10H13N2S/c1-2-8-4-3-5-9(6-11)10(8)12-7-13/h3-5H,2,6,11H2,1H3,(H,12,13). The molecule has 0 aromatic heterocycles. The van der Waals surface area contributed by atoms with Crippen LogP contribution in [0.4, 0.5) is 5.69 Å². The SMILES string of the molecule is CCc1cccc(CN)c1N[C]=S. The van der Waals surface area contributed by atoms with Gasteiger partial charge in [-0.2, -0.15) is 0 Å². The van der Waals surface area contributed by atoms with Crippen LogP contribution in [0.3, 0.4) is 0 Å². The highest BCUT2D eigenvalue weighted by Crippen LogP contribution is 2.20. The van der Waals surface area contributed by atoms with E-state index in [0.717, 1.165) is 17.7 Å². The fourth-order valence-electron chi connectivity index (χ4n) is 1.33. The van der Waals surface area contributed by atoms with Crippen LogP contribution in [-0.2, 0) is 13.0 Å². The van der Waals surface area contributed by atoms with Crippen LogP contribution in [0.25, 0.3) is 0 Å². The summed E-state index contributed by atoms with van der Waals surface area (Å²) in [5, 5.41) is 2.93. The van der Waals surface area contributed by atoms with Crippen molar-refractivity contribution in [3.05, 3.63) is 29.3 Å². The van der Waals surface area contributed by atoms with E-state index >= 15 is 0 Å². The van der Waals surface area contributed by atoms with E-state index in [1.807, 2.05) is 12.1 Å². The zero-order valence-corrected chi connectivity index (χ0v) is 8.45. The third-order valence-electron chi connectivity index (χ3n) is 2.01. The number of nitrogens with two attached hydrogens (primary N) is 1. The van der Waals surface area contributed by atoms with Crippen molar-refractivity contribution in [2.24, 2.45) is 5.73 Å². The molecular weight excluding hydrogens is 180 g/mol. The Balaban J connectivity index is 3.12. The maximum Gasteiger partial charge on any atom is 0.138 e. The number of anilines is 1. The molecule has 0 amide bonds. The van der Waals surface area contributed by atoms with E-state index in [1.165, 1.54) is 5.56 Å². The van der Waals surface area contributed by atoms with Crippen LogP contribution >= 0.6 is 12.2 Å². The van der Waals surface area contributed by atoms with E-state index in [-0.39, 0.29) is 0 Å². The highest BCUT2D eigenvalue weighted by atomic mass is 32.1. The number of nitrogens with one attached hydrogen (secondary N) is 1. The number of benzene rings is 1. The largest absolute Gasteiger partial charge is 0.344 e. The molecule has 3 heteroatoms. The first kappa shape index (κ1) is 10.2. The molecule has 1 aromatic rings. The second kappa shape index (κ2) is 4.94. The number of thiocarbonyl (C=S) groups is 1. The first-order valence-corrected chi connectivity index (χ1v) is 4.68. The summed E-state index contributed by atoms with van der Waals surface area (Å²) in [6, 6.07) is 6.07. The van der Waals surface area contributed by atoms with E-state index < -0.39 is 0 Å². The van der Waals surface area contributed by atoms with E-state index in [0.29, 0.717) is 6.54 Å². The van der Waals surface area contributed by atoms with Gasteiger partial charge in [-0.3, -0.25) is 0 Å². The number of hydrogen-bond donors (Lipinski definition) is 2. The van der Waals surface area contributed by atoms with Crippen LogP contribution in [0.15, 0.2) is 18.2 Å². The van der Waals surface area contributed by atoms with Gasteiger partial charge in [0.05, 0.1) is 0 Å². The van der Waals surface area contributed by atoms with Gasteiger partial charge < -0.3 is 11.1 Å². The zero-order valence-electron chi connectivity index (χ0n) is 7.63. The quantitative estimate of drug-likeness (QED) is 0.567. The minimum atomic E-state index is 0.521. The maximum atomic E-state index is 5.60. The van der Waals surface area contributed by atoms with Crippen LogP contribution in [-0.4, -0.2) is 5.49 Å². The van der Waals surface area contributed by atoms with Gasteiger partial charge in [0.2, 0.25) is 0 Å². The Morgan fingerprint density at radius 3 is 2.69 bits per heavy atom. The van der Waals surface area contributed by atoms with Gasteiger partial charge in [0.15, 0.2) is 0 Å². The maximum absolute atomic E-state index is 5.60. The molecule has 69 valence electrons. The average Bonchev–Trinajstić information content (AvgIpc) is 2.18. The van der Waals surface area contributed by atoms with Crippen molar-refractivity contribution in [1.82, 2.24) is 0 Å². The van der Waals surface area contributed by atoms with E-state index in [4.69, 9.17) is 5.73 Å². The smallest absolute Gasteiger partial charge is 0.138 e. The molecule has 0 aliphatic rings. The Labute approximate surface area is 84.1 Å². The van der Waals surface area contributed by atoms with Crippen LogP contribution < -0.4 is 11.1 Å². The van der Waals surface area contributed by atoms with Crippen molar-refractivity contribution in [3.8, 4) is 0 Å². The molecular formula is C10H13N2S. The molecule has 1 rings (SSSR count). The molecule has 0 aliphatic heterocycles. The summed E-state index contributed by atoms with van der Waals surface area (Å²) >= 11 is 4.65. The highest BCUT2D eigenvalue weighted by molar-refractivity contribution is 7.79. The summed E-state index contributed by atoms with van der Waals surface area (Å²) in [5.41, 5.74) is 11.4. The third-order valence-corrected chi connectivity index (χ3v) is 2.12. The van der Waals surface area contributed by atoms with Gasteiger partial charge in [-0.25, -0.2) is 0 Å². The predicted octanol–water partition coefficient (Wildman–Crippen LogP) is 1.95. The van der Waals surface area contributed by atoms with Crippen molar-refractivity contribution in [2.75, 3.05) is 5.32 Å². The van der Waals surface area contributed by atoms with Crippen molar-refractivity contribution >= 4 is 23.4 Å². The van der Waals surface area contributed by atoms with Crippen molar-refractivity contribution in [2.45, 2.75) is 19.9 Å². The van der Waals surface area contributed by atoms with Crippen molar-refractivity contribution in [1.29, 1.82) is 0 Å². The van der Waals surface area contributed by atoms with E-state index in [1.54, 1.807) is 0 Å². The molecule has 0 aliphatic carbocycles. The summed E-state index contributed by atoms with van der Waals surface area (Å²) in [4.78, 5) is 0. The molecule has 0 unspecified atom stereocenters. The van der Waals surface area contributed by atoms with Crippen LogP contribution in [0.5, 0.6) is 0 Å². The summed E-state index contributed by atoms with van der Waals surface area (Å²) in [7, 11) is 0. The monoisotopic (exact) mass is 193 g/mol. The second-order valence-corrected chi connectivity index (χ2v) is 2.94.